The van der Waals surface area contributed by atoms with Crippen LogP contribution in [0.3, 0.4) is 0 Å². The normalized spacial score (nSPS) is 15.0. The Bertz CT molecular complexity index is 1360. The van der Waals surface area contributed by atoms with Gasteiger partial charge in [0.15, 0.2) is 5.82 Å². The van der Waals surface area contributed by atoms with Crippen LogP contribution >= 0.6 is 11.3 Å². The molecule has 3 aromatic heterocycles. The van der Waals surface area contributed by atoms with Gasteiger partial charge in [-0.2, -0.15) is 4.98 Å². The molecule has 1 aromatic carbocycles. The van der Waals surface area contributed by atoms with Crippen molar-refractivity contribution < 1.29 is 9.53 Å². The first-order valence-corrected chi connectivity index (χ1v) is 11.9. The van der Waals surface area contributed by atoms with Gasteiger partial charge < -0.3 is 15.4 Å². The Kier molecular flexibility index (Phi) is 5.85. The third-order valence-electron chi connectivity index (χ3n) is 5.59. The molecule has 0 bridgehead atoms. The summed E-state index contributed by atoms with van der Waals surface area (Å²) >= 11 is 1.60. The number of carbonyl (C=O) groups is 1. The monoisotopic (exact) mass is 472 g/mol. The van der Waals surface area contributed by atoms with Crippen molar-refractivity contribution in [2.45, 2.75) is 26.8 Å². The number of fused-ring (bicyclic) bond motifs is 1. The second-order valence-corrected chi connectivity index (χ2v) is 8.84. The van der Waals surface area contributed by atoms with Crippen LogP contribution in [0.4, 0.5) is 11.6 Å². The summed E-state index contributed by atoms with van der Waals surface area (Å²) in [5, 5.41) is 13.1. The van der Waals surface area contributed by atoms with Gasteiger partial charge in [0.2, 0.25) is 5.95 Å². The Morgan fingerprint density at radius 2 is 2.03 bits per heavy atom. The molecule has 1 unspecified atom stereocenters. The fourth-order valence-corrected chi connectivity index (χ4v) is 5.00. The number of anilines is 2. The molecular weight excluding hydrogens is 448 g/mol. The number of nitrogens with zero attached hydrogens (tertiary/aromatic N) is 4. The summed E-state index contributed by atoms with van der Waals surface area (Å²) in [6.07, 6.45) is 3.30. The Labute approximate surface area is 201 Å². The van der Waals surface area contributed by atoms with Crippen LogP contribution < -0.4 is 15.4 Å². The molecule has 9 heteroatoms. The first-order chi connectivity index (χ1) is 16.5. The molecule has 0 aliphatic carbocycles. The number of pyridine rings is 1. The van der Waals surface area contributed by atoms with Crippen molar-refractivity contribution in [3.8, 4) is 17.1 Å². The van der Waals surface area contributed by atoms with Crippen LogP contribution in [0.25, 0.3) is 11.4 Å². The van der Waals surface area contributed by atoms with E-state index in [1.54, 1.807) is 34.5 Å². The molecule has 4 aromatic rings. The Morgan fingerprint density at radius 1 is 1.21 bits per heavy atom. The zero-order valence-electron chi connectivity index (χ0n) is 19.1. The lowest BCUT2D eigenvalue weighted by Crippen LogP contribution is -2.31. The highest BCUT2D eigenvalue weighted by Crippen LogP contribution is 2.40. The molecule has 1 atom stereocenters. The second-order valence-electron chi connectivity index (χ2n) is 7.89. The average molecular weight is 473 g/mol. The van der Waals surface area contributed by atoms with Crippen molar-refractivity contribution in [1.82, 2.24) is 19.7 Å². The lowest BCUT2D eigenvalue weighted by atomic mass is 9.99. The smallest absolute Gasteiger partial charge is 0.255 e. The fraction of sp³-hybridized carbons (Fsp3) is 0.200. The number of aryl methyl sites for hydroxylation is 1. The minimum absolute atomic E-state index is 0.209. The number of amides is 1. The SMILES string of the molecule is CCOc1ccc(-c2nc3n(n2)C(c2sccc2C)C(C(=O)Nc2cccnc2)=C(C)N3)cc1. The topological polar surface area (TPSA) is 94.0 Å². The largest absolute Gasteiger partial charge is 0.494 e. The summed E-state index contributed by atoms with van der Waals surface area (Å²) in [7, 11) is 0. The van der Waals surface area contributed by atoms with Crippen LogP contribution in [0, 0.1) is 6.92 Å². The predicted octanol–water partition coefficient (Wildman–Crippen LogP) is 5.04. The van der Waals surface area contributed by atoms with Gasteiger partial charge in [-0.1, -0.05) is 0 Å². The Balaban J connectivity index is 1.55. The van der Waals surface area contributed by atoms with E-state index in [0.717, 1.165) is 27.5 Å². The second kappa shape index (κ2) is 9.11. The average Bonchev–Trinajstić information content (AvgIpc) is 3.45. The molecule has 1 aliphatic heterocycles. The predicted molar refractivity (Wildman–Crippen MR) is 133 cm³/mol. The number of carbonyl (C=O) groups excluding carboxylic acids is 1. The van der Waals surface area contributed by atoms with Gasteiger partial charge in [-0.15, -0.1) is 16.4 Å². The van der Waals surface area contributed by atoms with Crippen LogP contribution in [0.5, 0.6) is 5.75 Å². The number of benzene rings is 1. The molecule has 2 N–H and O–H groups in total. The van der Waals surface area contributed by atoms with Crippen LogP contribution in [-0.2, 0) is 4.79 Å². The van der Waals surface area contributed by atoms with Crippen molar-refractivity contribution in [3.63, 3.8) is 0 Å². The van der Waals surface area contributed by atoms with Gasteiger partial charge in [0, 0.05) is 22.3 Å². The highest BCUT2D eigenvalue weighted by molar-refractivity contribution is 7.10. The van der Waals surface area contributed by atoms with Gasteiger partial charge in [-0.3, -0.25) is 9.78 Å². The maximum atomic E-state index is 13.5. The molecule has 4 heterocycles. The van der Waals surface area contributed by atoms with E-state index in [1.807, 2.05) is 56.5 Å². The number of nitrogens with one attached hydrogen (secondary N) is 2. The number of ether oxygens (including phenoxy) is 1. The number of allylic oxidation sites excluding steroid dienone is 1. The highest BCUT2D eigenvalue weighted by atomic mass is 32.1. The van der Waals surface area contributed by atoms with Crippen molar-refractivity contribution in [3.05, 3.63) is 81.9 Å². The zero-order valence-corrected chi connectivity index (χ0v) is 19.9. The molecule has 0 saturated carbocycles. The third kappa shape index (κ3) is 4.06. The summed E-state index contributed by atoms with van der Waals surface area (Å²) in [6.45, 7) is 6.50. The molecule has 1 aliphatic rings. The van der Waals surface area contributed by atoms with Gasteiger partial charge in [0.05, 0.1) is 24.1 Å². The molecule has 5 rings (SSSR count). The van der Waals surface area contributed by atoms with Gasteiger partial charge in [-0.25, -0.2) is 4.68 Å². The van der Waals surface area contributed by atoms with Crippen LogP contribution in [-0.4, -0.2) is 32.3 Å². The summed E-state index contributed by atoms with van der Waals surface area (Å²) in [5.74, 6) is 1.76. The molecular formula is C25H24N6O2S. The van der Waals surface area contributed by atoms with Gasteiger partial charge in [0.25, 0.3) is 5.91 Å². The molecule has 34 heavy (non-hydrogen) atoms. The number of hydrogen-bond donors (Lipinski definition) is 2. The van der Waals surface area contributed by atoms with E-state index in [4.69, 9.17) is 14.8 Å². The maximum Gasteiger partial charge on any atom is 0.255 e. The molecule has 8 nitrogen and oxygen atoms in total. The van der Waals surface area contributed by atoms with E-state index in [1.165, 1.54) is 0 Å². The van der Waals surface area contributed by atoms with Gasteiger partial charge in [0.1, 0.15) is 11.8 Å². The summed E-state index contributed by atoms with van der Waals surface area (Å²) in [4.78, 5) is 23.4. The molecule has 0 saturated heterocycles. The first kappa shape index (κ1) is 21.8. The minimum atomic E-state index is -0.406. The molecule has 0 spiro atoms. The Morgan fingerprint density at radius 3 is 2.71 bits per heavy atom. The highest BCUT2D eigenvalue weighted by Gasteiger charge is 2.36. The van der Waals surface area contributed by atoms with E-state index in [0.29, 0.717) is 29.6 Å². The molecule has 0 radical (unpaired) electrons. The van der Waals surface area contributed by atoms with Gasteiger partial charge >= 0.3 is 0 Å². The first-order valence-electron chi connectivity index (χ1n) is 11.0. The molecule has 172 valence electrons. The molecule has 1 amide bonds. The van der Waals surface area contributed by atoms with Crippen molar-refractivity contribution in [2.24, 2.45) is 0 Å². The fourth-order valence-electron chi connectivity index (χ4n) is 3.98. The van der Waals surface area contributed by atoms with Crippen LogP contribution in [0.1, 0.15) is 30.3 Å². The van der Waals surface area contributed by atoms with E-state index < -0.39 is 6.04 Å². The zero-order chi connectivity index (χ0) is 23.7. The third-order valence-corrected chi connectivity index (χ3v) is 6.66. The Hall–Kier alpha value is -3.98. The number of hydrogen-bond acceptors (Lipinski definition) is 7. The molecule has 0 fully saturated rings. The summed E-state index contributed by atoms with van der Waals surface area (Å²) < 4.78 is 7.35. The number of rotatable bonds is 6. The van der Waals surface area contributed by atoms with E-state index >= 15 is 0 Å². The summed E-state index contributed by atoms with van der Waals surface area (Å²) in [6, 6.07) is 12.9. The van der Waals surface area contributed by atoms with E-state index in [9.17, 15) is 4.79 Å². The van der Waals surface area contributed by atoms with Crippen molar-refractivity contribution in [1.29, 1.82) is 0 Å². The standard InChI is InChI=1S/C25H24N6O2S/c1-4-33-19-9-7-17(8-10-19)23-29-25-27-16(3)20(24(32)28-18-6-5-12-26-14-18)21(31(25)30-23)22-15(2)11-13-34-22/h5-14,21H,4H2,1-3H3,(H,28,32)(H,27,29,30). The quantitative estimate of drug-likeness (QED) is 0.409. The van der Waals surface area contributed by atoms with Crippen molar-refractivity contribution in [2.75, 3.05) is 17.2 Å². The minimum Gasteiger partial charge on any atom is -0.494 e. The van der Waals surface area contributed by atoms with E-state index in [2.05, 4.69) is 21.7 Å². The number of thiophene rings is 1. The summed E-state index contributed by atoms with van der Waals surface area (Å²) in [5.41, 5.74) is 3.92. The maximum absolute atomic E-state index is 13.5. The van der Waals surface area contributed by atoms with Crippen molar-refractivity contribution >= 4 is 28.9 Å². The lowest BCUT2D eigenvalue weighted by molar-refractivity contribution is -0.113. The van der Waals surface area contributed by atoms with Gasteiger partial charge in [-0.05, 0) is 74.2 Å². The van der Waals surface area contributed by atoms with Crippen LogP contribution in [0.2, 0.25) is 0 Å². The number of aromatic nitrogens is 4. The lowest BCUT2D eigenvalue weighted by Gasteiger charge is -2.28. The van der Waals surface area contributed by atoms with Crippen LogP contribution in [0.15, 0.2) is 71.5 Å². The van der Waals surface area contributed by atoms with E-state index in [-0.39, 0.29) is 5.91 Å².